The highest BCUT2D eigenvalue weighted by molar-refractivity contribution is 5.96. The number of allylic oxidation sites excluding steroid dienone is 1. The quantitative estimate of drug-likeness (QED) is 0.682. The van der Waals surface area contributed by atoms with Gasteiger partial charge < -0.3 is 4.74 Å². The third-order valence-electron chi connectivity index (χ3n) is 7.94. The summed E-state index contributed by atoms with van der Waals surface area (Å²) in [5, 5.41) is 0. The molecular formula is C21H28O4. The first kappa shape index (κ1) is 17.0. The molecule has 3 fully saturated rings. The highest BCUT2D eigenvalue weighted by atomic mass is 16.5. The molecule has 4 heteroatoms. The van der Waals surface area contributed by atoms with Crippen LogP contribution < -0.4 is 0 Å². The molecule has 0 heterocycles. The Bertz CT molecular complexity index is 677. The van der Waals surface area contributed by atoms with Crippen molar-refractivity contribution in [3.8, 4) is 0 Å². The highest BCUT2D eigenvalue weighted by Crippen LogP contribution is 2.63. The van der Waals surface area contributed by atoms with E-state index in [0.29, 0.717) is 24.5 Å². The summed E-state index contributed by atoms with van der Waals surface area (Å²) in [5.41, 5.74) is 0.902. The Morgan fingerprint density at radius 2 is 1.76 bits per heavy atom. The molecule has 3 saturated carbocycles. The van der Waals surface area contributed by atoms with Gasteiger partial charge in [0.25, 0.3) is 0 Å². The minimum Gasteiger partial charge on any atom is -0.462 e. The lowest BCUT2D eigenvalue weighted by atomic mass is 9.48. The molecule has 4 rings (SSSR count). The zero-order valence-electron chi connectivity index (χ0n) is 15.5. The van der Waals surface area contributed by atoms with Crippen LogP contribution in [0.5, 0.6) is 0 Å². The number of carbonyl (C=O) groups is 3. The molecule has 0 aromatic heterocycles. The van der Waals surface area contributed by atoms with E-state index in [0.717, 1.165) is 32.1 Å². The molecule has 1 unspecified atom stereocenters. The predicted molar refractivity (Wildman–Crippen MR) is 92.7 cm³/mol. The molecule has 136 valence electrons. The first-order valence-electron chi connectivity index (χ1n) is 9.71. The number of esters is 1. The van der Waals surface area contributed by atoms with Crippen LogP contribution in [0.4, 0.5) is 0 Å². The van der Waals surface area contributed by atoms with E-state index in [2.05, 4.69) is 13.8 Å². The Morgan fingerprint density at radius 1 is 1.08 bits per heavy atom. The van der Waals surface area contributed by atoms with E-state index in [1.54, 1.807) is 0 Å². The summed E-state index contributed by atoms with van der Waals surface area (Å²) < 4.78 is 5.42. The Morgan fingerprint density at radius 3 is 2.48 bits per heavy atom. The summed E-state index contributed by atoms with van der Waals surface area (Å²) in [4.78, 5) is 36.8. The monoisotopic (exact) mass is 344 g/mol. The average Bonchev–Trinajstić information content (AvgIpc) is 2.84. The van der Waals surface area contributed by atoms with Crippen LogP contribution in [0, 0.1) is 28.6 Å². The summed E-state index contributed by atoms with van der Waals surface area (Å²) in [6.07, 6.45) is 7.66. The van der Waals surface area contributed by atoms with Crippen LogP contribution in [0.25, 0.3) is 0 Å². The molecule has 4 aliphatic rings. The summed E-state index contributed by atoms with van der Waals surface area (Å²) in [5.74, 6) is 0.888. The number of Topliss-reactive ketones (excluding diaryl/α,β-unsaturated/α-hetero) is 1. The lowest BCUT2D eigenvalue weighted by Crippen LogP contribution is -2.53. The van der Waals surface area contributed by atoms with Crippen LogP contribution in [0.3, 0.4) is 0 Å². The molecule has 25 heavy (non-hydrogen) atoms. The van der Waals surface area contributed by atoms with Crippen LogP contribution in [0.1, 0.15) is 65.7 Å². The van der Waals surface area contributed by atoms with Gasteiger partial charge >= 0.3 is 5.97 Å². The van der Waals surface area contributed by atoms with E-state index in [9.17, 15) is 14.4 Å². The molecule has 0 N–H and O–H groups in total. The lowest BCUT2D eigenvalue weighted by molar-refractivity contribution is -0.149. The summed E-state index contributed by atoms with van der Waals surface area (Å²) in [7, 11) is 0. The molecule has 0 aliphatic heterocycles. The van der Waals surface area contributed by atoms with E-state index in [-0.39, 0.29) is 40.5 Å². The average molecular weight is 344 g/mol. The van der Waals surface area contributed by atoms with Gasteiger partial charge in [-0.05, 0) is 55.4 Å². The van der Waals surface area contributed by atoms with Gasteiger partial charge in [0, 0.05) is 31.1 Å². The number of hydrogen-bond acceptors (Lipinski definition) is 4. The Balaban J connectivity index is 1.67. The van der Waals surface area contributed by atoms with Gasteiger partial charge in [0.1, 0.15) is 11.9 Å². The molecule has 0 aromatic rings. The molecular weight excluding hydrogens is 316 g/mol. The van der Waals surface area contributed by atoms with Crippen LogP contribution in [-0.4, -0.2) is 23.6 Å². The molecule has 4 nitrogen and oxygen atoms in total. The van der Waals surface area contributed by atoms with Gasteiger partial charge in [-0.15, -0.1) is 0 Å². The predicted octanol–water partition coefficient (Wildman–Crippen LogP) is 3.63. The van der Waals surface area contributed by atoms with E-state index in [1.807, 2.05) is 6.08 Å². The van der Waals surface area contributed by atoms with Crippen LogP contribution in [0.15, 0.2) is 11.6 Å². The van der Waals surface area contributed by atoms with E-state index >= 15 is 0 Å². The molecule has 0 aromatic carbocycles. The molecule has 4 aliphatic carbocycles. The zero-order valence-corrected chi connectivity index (χ0v) is 15.5. The van der Waals surface area contributed by atoms with Gasteiger partial charge in [-0.1, -0.05) is 19.4 Å². The summed E-state index contributed by atoms with van der Waals surface area (Å²) >= 11 is 0. The minimum absolute atomic E-state index is 0.00391. The van der Waals surface area contributed by atoms with Crippen molar-refractivity contribution in [3.05, 3.63) is 11.6 Å². The Labute approximate surface area is 149 Å². The number of hydrogen-bond donors (Lipinski definition) is 0. The minimum atomic E-state index is -0.284. The van der Waals surface area contributed by atoms with Crippen LogP contribution in [0.2, 0.25) is 0 Å². The molecule has 0 saturated heterocycles. The topological polar surface area (TPSA) is 60.4 Å². The van der Waals surface area contributed by atoms with Gasteiger partial charge in [-0.2, -0.15) is 0 Å². The van der Waals surface area contributed by atoms with Crippen molar-refractivity contribution in [2.24, 2.45) is 28.6 Å². The van der Waals surface area contributed by atoms with E-state index < -0.39 is 0 Å². The van der Waals surface area contributed by atoms with Crippen LogP contribution in [-0.2, 0) is 19.1 Å². The number of carbonyl (C=O) groups excluding carboxylic acids is 3. The fourth-order valence-electron chi connectivity index (χ4n) is 6.48. The molecule has 0 bridgehead atoms. The van der Waals surface area contributed by atoms with Gasteiger partial charge in [0.2, 0.25) is 0 Å². The van der Waals surface area contributed by atoms with Gasteiger partial charge in [-0.3, -0.25) is 14.4 Å². The number of ketones is 2. The van der Waals surface area contributed by atoms with Gasteiger partial charge in [0.05, 0.1) is 0 Å². The molecule has 0 spiro atoms. The highest BCUT2D eigenvalue weighted by Gasteiger charge is 2.61. The fraction of sp³-hybridized carbons (Fsp3) is 0.762. The van der Waals surface area contributed by atoms with Crippen LogP contribution >= 0.6 is 0 Å². The first-order valence-corrected chi connectivity index (χ1v) is 9.71. The maximum absolute atomic E-state index is 13.1. The van der Waals surface area contributed by atoms with E-state index in [1.165, 1.54) is 12.5 Å². The molecule has 0 amide bonds. The van der Waals surface area contributed by atoms with Crippen molar-refractivity contribution in [2.45, 2.75) is 71.8 Å². The summed E-state index contributed by atoms with van der Waals surface area (Å²) in [6, 6.07) is 0. The largest absolute Gasteiger partial charge is 0.462 e. The van der Waals surface area contributed by atoms with Crippen molar-refractivity contribution in [3.63, 3.8) is 0 Å². The molecule has 0 radical (unpaired) electrons. The lowest BCUT2D eigenvalue weighted by Gasteiger charge is -2.55. The normalized spacial score (nSPS) is 46.0. The van der Waals surface area contributed by atoms with Crippen molar-refractivity contribution < 1.29 is 19.1 Å². The molecule has 6 atom stereocenters. The van der Waals surface area contributed by atoms with Crippen molar-refractivity contribution in [2.75, 3.05) is 0 Å². The second-order valence-corrected chi connectivity index (χ2v) is 9.12. The Kier molecular flexibility index (Phi) is 3.75. The standard InChI is InChI=1S/C21H28O4/c1-12(22)25-14-6-8-20(2)13(10-14)11-17(23)19-15-4-5-18(24)21(15,3)9-7-16(19)20/h11,14-16,19H,4-10H2,1-3H3/t14?,15-,16-,19+,20+,21+/m1/s1. The van der Waals surface area contributed by atoms with Gasteiger partial charge in [0.15, 0.2) is 5.78 Å². The van der Waals surface area contributed by atoms with Crippen molar-refractivity contribution in [1.82, 2.24) is 0 Å². The first-order chi connectivity index (χ1) is 11.8. The van der Waals surface area contributed by atoms with Gasteiger partial charge in [-0.25, -0.2) is 0 Å². The third-order valence-corrected chi connectivity index (χ3v) is 7.94. The Hall–Kier alpha value is -1.45. The SMILES string of the molecule is CC(=O)OC1CC[C@@]2(C)C(=CC(=O)[C@@H]3[C@H]2CC[C@]2(C)C(=O)CC[C@H]32)C1. The zero-order chi connectivity index (χ0) is 18.0. The second kappa shape index (κ2) is 5.52. The number of ether oxygens (including phenoxy) is 1. The smallest absolute Gasteiger partial charge is 0.302 e. The van der Waals surface area contributed by atoms with Crippen molar-refractivity contribution >= 4 is 17.5 Å². The number of rotatable bonds is 1. The third kappa shape index (κ3) is 2.36. The maximum atomic E-state index is 13.1. The summed E-state index contributed by atoms with van der Waals surface area (Å²) in [6.45, 7) is 5.84. The van der Waals surface area contributed by atoms with E-state index in [4.69, 9.17) is 4.74 Å². The number of fused-ring (bicyclic) bond motifs is 5. The second-order valence-electron chi connectivity index (χ2n) is 9.12. The maximum Gasteiger partial charge on any atom is 0.302 e. The fourth-order valence-corrected chi connectivity index (χ4v) is 6.48. The van der Waals surface area contributed by atoms with Crippen molar-refractivity contribution in [1.29, 1.82) is 0 Å².